The maximum Gasteiger partial charge on any atom is 0.303 e. The molecule has 0 bridgehead atoms. The average Bonchev–Trinajstić information content (AvgIpc) is 2.72. The highest BCUT2D eigenvalue weighted by Crippen LogP contribution is 2.11. The quantitative estimate of drug-likeness (QED) is 0.237. The molecular weight excluding hydrogens is 386 g/mol. The number of aliphatic carboxylic acids is 1. The number of hydrogen-bond acceptors (Lipinski definition) is 5. The summed E-state index contributed by atoms with van der Waals surface area (Å²) in [5, 5.41) is 17.4. The third-order valence-electron chi connectivity index (χ3n) is 5.03. The summed E-state index contributed by atoms with van der Waals surface area (Å²) in [5.41, 5.74) is 0. The van der Waals surface area contributed by atoms with Crippen molar-refractivity contribution in [1.82, 2.24) is 4.90 Å². The zero-order valence-corrected chi connectivity index (χ0v) is 19.1. The first kappa shape index (κ1) is 28.8. The highest BCUT2D eigenvalue weighted by Gasteiger charge is 2.13. The molecule has 7 nitrogen and oxygen atoms in total. The van der Waals surface area contributed by atoms with Crippen LogP contribution >= 0.6 is 0 Å². The van der Waals surface area contributed by atoms with E-state index in [9.17, 15) is 9.59 Å². The number of carbonyl (C=O) groups excluding carboxylic acids is 1. The predicted molar refractivity (Wildman–Crippen MR) is 119 cm³/mol. The number of aliphatic hydroxyl groups is 1. The molecule has 0 heterocycles. The lowest BCUT2D eigenvalue weighted by Gasteiger charge is -2.23. The highest BCUT2D eigenvalue weighted by atomic mass is 16.5. The Morgan fingerprint density at radius 2 is 1.27 bits per heavy atom. The first-order valence-electron chi connectivity index (χ1n) is 11.9. The van der Waals surface area contributed by atoms with Crippen molar-refractivity contribution in [2.45, 2.75) is 90.4 Å². The molecule has 0 aromatic carbocycles. The van der Waals surface area contributed by atoms with Gasteiger partial charge in [0.05, 0.1) is 33.0 Å². The van der Waals surface area contributed by atoms with E-state index in [0.29, 0.717) is 45.9 Å². The summed E-state index contributed by atoms with van der Waals surface area (Å²) in [6.07, 6.45) is 13.2. The van der Waals surface area contributed by atoms with Gasteiger partial charge in [0.1, 0.15) is 0 Å². The summed E-state index contributed by atoms with van der Waals surface area (Å²) in [4.78, 5) is 24.9. The van der Waals surface area contributed by atoms with Crippen molar-refractivity contribution in [2.24, 2.45) is 0 Å². The third-order valence-corrected chi connectivity index (χ3v) is 5.03. The van der Waals surface area contributed by atoms with E-state index in [-0.39, 0.29) is 25.4 Å². The van der Waals surface area contributed by atoms with Crippen LogP contribution in [0.1, 0.15) is 90.4 Å². The van der Waals surface area contributed by atoms with Gasteiger partial charge in [-0.3, -0.25) is 9.59 Å². The summed E-state index contributed by atoms with van der Waals surface area (Å²) in [7, 11) is 0. The van der Waals surface area contributed by atoms with E-state index >= 15 is 0 Å². The van der Waals surface area contributed by atoms with Crippen LogP contribution in [0.25, 0.3) is 0 Å². The lowest BCUT2D eigenvalue weighted by molar-refractivity contribution is -0.137. The number of carboxylic acids is 1. The van der Waals surface area contributed by atoms with E-state index in [0.717, 1.165) is 12.8 Å². The molecule has 0 saturated heterocycles. The van der Waals surface area contributed by atoms with E-state index in [1.165, 1.54) is 51.4 Å². The van der Waals surface area contributed by atoms with E-state index in [4.69, 9.17) is 19.7 Å². The molecule has 0 saturated carbocycles. The number of unbranched alkanes of at least 4 members (excludes halogenated alkanes) is 9. The molecule has 0 radical (unpaired) electrons. The number of rotatable bonds is 23. The molecule has 0 atom stereocenters. The van der Waals surface area contributed by atoms with Crippen LogP contribution in [0, 0.1) is 0 Å². The summed E-state index contributed by atoms with van der Waals surface area (Å²) in [6.45, 7) is 5.04. The fourth-order valence-corrected chi connectivity index (χ4v) is 3.26. The highest BCUT2D eigenvalue weighted by molar-refractivity contribution is 5.77. The number of carbonyl (C=O) groups is 2. The van der Waals surface area contributed by atoms with Gasteiger partial charge >= 0.3 is 5.97 Å². The number of nitrogens with zero attached hydrogens (tertiary/aromatic N) is 1. The van der Waals surface area contributed by atoms with Crippen molar-refractivity contribution in [2.75, 3.05) is 46.1 Å². The van der Waals surface area contributed by atoms with E-state index < -0.39 is 5.97 Å². The Hall–Kier alpha value is -1.18. The van der Waals surface area contributed by atoms with Gasteiger partial charge in [-0.15, -0.1) is 0 Å². The summed E-state index contributed by atoms with van der Waals surface area (Å²) < 4.78 is 10.6. The fourth-order valence-electron chi connectivity index (χ4n) is 3.26. The van der Waals surface area contributed by atoms with Crippen LogP contribution < -0.4 is 0 Å². The van der Waals surface area contributed by atoms with Gasteiger partial charge in [0, 0.05) is 25.9 Å². The van der Waals surface area contributed by atoms with E-state index in [1.807, 2.05) is 0 Å². The molecule has 0 fully saturated rings. The molecule has 178 valence electrons. The van der Waals surface area contributed by atoms with Crippen molar-refractivity contribution in [3.8, 4) is 0 Å². The van der Waals surface area contributed by atoms with Crippen molar-refractivity contribution < 1.29 is 29.3 Å². The summed E-state index contributed by atoms with van der Waals surface area (Å²) in [5.74, 6) is -0.859. The normalized spacial score (nSPS) is 11.0. The number of carboxylic acid groups (broad SMARTS) is 1. The van der Waals surface area contributed by atoms with Crippen LogP contribution in [0.15, 0.2) is 0 Å². The van der Waals surface area contributed by atoms with Gasteiger partial charge in [0.2, 0.25) is 5.91 Å². The van der Waals surface area contributed by atoms with Crippen LogP contribution in [0.2, 0.25) is 0 Å². The minimum Gasteiger partial charge on any atom is -0.481 e. The average molecular weight is 432 g/mol. The standard InChI is InChI=1S/C23H45NO6/c1-2-3-4-5-6-7-8-9-10-11-15-24(22(26)13-12-14-23(27)28)16-18-29-20-21-30-19-17-25/h25H,2-21H2,1H3,(H,27,28). The van der Waals surface area contributed by atoms with Crippen molar-refractivity contribution >= 4 is 11.9 Å². The monoisotopic (exact) mass is 431 g/mol. The van der Waals surface area contributed by atoms with Crippen LogP contribution in [0.3, 0.4) is 0 Å². The number of ether oxygens (including phenoxy) is 2. The summed E-state index contributed by atoms with van der Waals surface area (Å²) >= 11 is 0. The van der Waals surface area contributed by atoms with Gasteiger partial charge < -0.3 is 24.6 Å². The minimum absolute atomic E-state index is 0.00250. The molecule has 7 heteroatoms. The molecule has 0 aromatic rings. The first-order valence-corrected chi connectivity index (χ1v) is 11.9. The maximum absolute atomic E-state index is 12.4. The molecule has 0 spiro atoms. The second-order valence-corrected chi connectivity index (χ2v) is 7.76. The molecule has 0 rings (SSSR count). The molecule has 0 unspecified atom stereocenters. The maximum atomic E-state index is 12.4. The third kappa shape index (κ3) is 20.1. The van der Waals surface area contributed by atoms with Gasteiger partial charge in [-0.05, 0) is 12.8 Å². The number of amides is 1. The molecule has 0 aromatic heterocycles. The number of aliphatic hydroxyl groups excluding tert-OH is 1. The van der Waals surface area contributed by atoms with Crippen molar-refractivity contribution in [1.29, 1.82) is 0 Å². The number of hydrogen-bond donors (Lipinski definition) is 2. The lowest BCUT2D eigenvalue weighted by atomic mass is 10.1. The van der Waals surface area contributed by atoms with Crippen LogP contribution in [-0.4, -0.2) is 73.1 Å². The van der Waals surface area contributed by atoms with Crippen LogP contribution in [0.4, 0.5) is 0 Å². The topological polar surface area (TPSA) is 96.3 Å². The molecular formula is C23H45NO6. The van der Waals surface area contributed by atoms with E-state index in [1.54, 1.807) is 4.90 Å². The van der Waals surface area contributed by atoms with Gasteiger partial charge in [-0.2, -0.15) is 0 Å². The predicted octanol–water partition coefficient (Wildman–Crippen LogP) is 4.02. The van der Waals surface area contributed by atoms with Gasteiger partial charge in [-0.1, -0.05) is 64.7 Å². The van der Waals surface area contributed by atoms with E-state index in [2.05, 4.69) is 6.92 Å². The second-order valence-electron chi connectivity index (χ2n) is 7.76. The lowest BCUT2D eigenvalue weighted by Crippen LogP contribution is -2.35. The smallest absolute Gasteiger partial charge is 0.303 e. The van der Waals surface area contributed by atoms with Crippen LogP contribution in [-0.2, 0) is 19.1 Å². The summed E-state index contributed by atoms with van der Waals surface area (Å²) in [6, 6.07) is 0. The Labute approximate surface area is 183 Å². The molecule has 0 aliphatic rings. The van der Waals surface area contributed by atoms with Gasteiger partial charge in [-0.25, -0.2) is 0 Å². The molecule has 1 amide bonds. The molecule has 30 heavy (non-hydrogen) atoms. The Morgan fingerprint density at radius 1 is 0.700 bits per heavy atom. The second kappa shape index (κ2) is 22.5. The van der Waals surface area contributed by atoms with Crippen molar-refractivity contribution in [3.63, 3.8) is 0 Å². The van der Waals surface area contributed by atoms with Gasteiger partial charge in [0.25, 0.3) is 0 Å². The Bertz CT molecular complexity index is 405. The Balaban J connectivity index is 3.98. The van der Waals surface area contributed by atoms with Crippen LogP contribution in [0.5, 0.6) is 0 Å². The Morgan fingerprint density at radius 3 is 1.83 bits per heavy atom. The van der Waals surface area contributed by atoms with Crippen molar-refractivity contribution in [3.05, 3.63) is 0 Å². The molecule has 0 aliphatic heterocycles. The van der Waals surface area contributed by atoms with Gasteiger partial charge in [0.15, 0.2) is 0 Å². The first-order chi connectivity index (χ1) is 14.6. The SMILES string of the molecule is CCCCCCCCCCCCN(CCOCCOCCO)C(=O)CCCC(=O)O. The zero-order valence-electron chi connectivity index (χ0n) is 19.1. The molecule has 2 N–H and O–H groups in total. The Kier molecular flexibility index (Phi) is 21.6. The zero-order chi connectivity index (χ0) is 22.3. The fraction of sp³-hybridized carbons (Fsp3) is 0.913. The molecule has 0 aliphatic carbocycles. The largest absolute Gasteiger partial charge is 0.481 e. The minimum atomic E-state index is -0.866.